The van der Waals surface area contributed by atoms with Crippen LogP contribution in [0, 0.1) is 0 Å². The van der Waals surface area contributed by atoms with Gasteiger partial charge in [-0.1, -0.05) is 0 Å². The van der Waals surface area contributed by atoms with E-state index in [1.54, 1.807) is 0 Å². The zero-order valence-corrected chi connectivity index (χ0v) is 14.2. The summed E-state index contributed by atoms with van der Waals surface area (Å²) in [7, 11) is 0. The monoisotopic (exact) mass is 324 g/mol. The van der Waals surface area contributed by atoms with E-state index in [0.29, 0.717) is 19.8 Å². The fourth-order valence-corrected chi connectivity index (χ4v) is 1.75. The van der Waals surface area contributed by atoms with Gasteiger partial charge in [0.05, 0.1) is 58.0 Å². The highest BCUT2D eigenvalue weighted by atomic mass is 16.5. The molecule has 0 bridgehead atoms. The van der Waals surface area contributed by atoms with Crippen LogP contribution in [-0.2, 0) is 14.2 Å². The molecule has 0 radical (unpaired) electrons. The zero-order valence-electron chi connectivity index (χ0n) is 14.2. The maximum Gasteiger partial charge on any atom is 0.101 e. The molecule has 0 aromatic carbocycles. The molecule has 0 aliphatic rings. The second kappa shape index (κ2) is 14.3. The number of hydrogen-bond donors (Lipinski definition) is 4. The lowest BCUT2D eigenvalue weighted by atomic mass is 10.4. The lowest BCUT2D eigenvalue weighted by Crippen LogP contribution is -3.13. The lowest BCUT2D eigenvalue weighted by Gasteiger charge is -2.22. The first-order chi connectivity index (χ1) is 10.5. The Morgan fingerprint density at radius 2 is 0.909 bits per heavy atom. The molecule has 0 spiro atoms. The molecule has 0 aliphatic heterocycles. The van der Waals surface area contributed by atoms with Crippen molar-refractivity contribution in [3.05, 3.63) is 0 Å². The van der Waals surface area contributed by atoms with Crippen molar-refractivity contribution >= 4 is 0 Å². The quantitative estimate of drug-likeness (QED) is 0.280. The minimum absolute atomic E-state index is 0.0174. The van der Waals surface area contributed by atoms with Crippen molar-refractivity contribution in [3.8, 4) is 0 Å². The molecule has 134 valence electrons. The van der Waals surface area contributed by atoms with Crippen LogP contribution in [0.2, 0.25) is 0 Å². The van der Waals surface area contributed by atoms with Crippen molar-refractivity contribution in [1.29, 1.82) is 0 Å². The summed E-state index contributed by atoms with van der Waals surface area (Å²) in [5.41, 5.74) is 0. The van der Waals surface area contributed by atoms with Gasteiger partial charge in [0.15, 0.2) is 0 Å². The molecule has 0 heterocycles. The predicted molar refractivity (Wildman–Crippen MR) is 83.1 cm³/mol. The molecule has 0 saturated carbocycles. The van der Waals surface area contributed by atoms with Gasteiger partial charge in [-0.2, -0.15) is 0 Å². The minimum Gasteiger partial charge on any atom is -0.394 e. The number of rotatable bonds is 15. The third-order valence-electron chi connectivity index (χ3n) is 3.35. The summed E-state index contributed by atoms with van der Waals surface area (Å²) in [5.74, 6) is 0. The predicted octanol–water partition coefficient (Wildman–Crippen LogP) is -1.94. The number of aliphatic hydroxyl groups excluding tert-OH is 3. The minimum atomic E-state index is -0.155. The number of ether oxygens (including phenoxy) is 3. The van der Waals surface area contributed by atoms with Crippen LogP contribution < -0.4 is 4.90 Å². The van der Waals surface area contributed by atoms with Crippen molar-refractivity contribution in [1.82, 2.24) is 0 Å². The fourth-order valence-electron chi connectivity index (χ4n) is 1.75. The summed E-state index contributed by atoms with van der Waals surface area (Å²) in [6.07, 6.45) is -0.465. The van der Waals surface area contributed by atoms with Crippen molar-refractivity contribution in [3.63, 3.8) is 0 Å². The Bertz CT molecular complexity index is 206. The van der Waals surface area contributed by atoms with Crippen LogP contribution in [0.15, 0.2) is 0 Å². The maximum atomic E-state index is 8.94. The van der Waals surface area contributed by atoms with E-state index in [1.165, 1.54) is 4.90 Å². The molecule has 0 fully saturated rings. The van der Waals surface area contributed by atoms with Crippen LogP contribution in [0.1, 0.15) is 20.8 Å². The molecule has 7 nitrogen and oxygen atoms in total. The molecule has 3 unspecified atom stereocenters. The summed E-state index contributed by atoms with van der Waals surface area (Å²) < 4.78 is 16.5. The smallest absolute Gasteiger partial charge is 0.101 e. The summed E-state index contributed by atoms with van der Waals surface area (Å²) in [5, 5.41) is 26.8. The van der Waals surface area contributed by atoms with Gasteiger partial charge in [0.1, 0.15) is 19.6 Å². The Morgan fingerprint density at radius 3 is 1.14 bits per heavy atom. The Balaban J connectivity index is 4.01. The van der Waals surface area contributed by atoms with Crippen LogP contribution in [0.5, 0.6) is 0 Å². The van der Waals surface area contributed by atoms with Gasteiger partial charge in [0.2, 0.25) is 0 Å². The Kier molecular flexibility index (Phi) is 14.1. The van der Waals surface area contributed by atoms with Crippen molar-refractivity contribution in [2.75, 3.05) is 59.3 Å². The zero-order chi connectivity index (χ0) is 16.8. The Hall–Kier alpha value is -0.280. The summed E-state index contributed by atoms with van der Waals surface area (Å²) in [6, 6.07) is 0. The first-order valence-electron chi connectivity index (χ1n) is 8.04. The van der Waals surface area contributed by atoms with E-state index in [-0.39, 0.29) is 38.1 Å². The molecule has 0 aromatic rings. The van der Waals surface area contributed by atoms with Crippen molar-refractivity contribution in [2.45, 2.75) is 39.1 Å². The Morgan fingerprint density at radius 1 is 0.636 bits per heavy atom. The van der Waals surface area contributed by atoms with Crippen LogP contribution >= 0.6 is 0 Å². The third kappa shape index (κ3) is 12.3. The van der Waals surface area contributed by atoms with Gasteiger partial charge in [0.25, 0.3) is 0 Å². The highest BCUT2D eigenvalue weighted by Crippen LogP contribution is 1.88. The van der Waals surface area contributed by atoms with Gasteiger partial charge in [0, 0.05) is 0 Å². The van der Waals surface area contributed by atoms with Gasteiger partial charge in [-0.05, 0) is 20.8 Å². The molecule has 0 amide bonds. The van der Waals surface area contributed by atoms with Crippen LogP contribution in [0.3, 0.4) is 0 Å². The number of hydrogen-bond acceptors (Lipinski definition) is 6. The topological polar surface area (TPSA) is 92.8 Å². The molecule has 22 heavy (non-hydrogen) atoms. The number of quaternary nitrogens is 1. The van der Waals surface area contributed by atoms with Crippen molar-refractivity contribution < 1.29 is 34.4 Å². The van der Waals surface area contributed by atoms with Crippen molar-refractivity contribution in [2.24, 2.45) is 0 Å². The highest BCUT2D eigenvalue weighted by molar-refractivity contribution is 4.47. The van der Waals surface area contributed by atoms with E-state index in [9.17, 15) is 0 Å². The summed E-state index contributed by atoms with van der Waals surface area (Å²) >= 11 is 0. The first kappa shape index (κ1) is 21.7. The van der Waals surface area contributed by atoms with E-state index in [0.717, 1.165) is 19.6 Å². The Labute approximate surface area is 133 Å². The molecular formula is C15H34NO6+. The second-order valence-electron chi connectivity index (χ2n) is 5.59. The van der Waals surface area contributed by atoms with Crippen LogP contribution in [-0.4, -0.2) is 92.9 Å². The number of aliphatic hydroxyl groups is 3. The van der Waals surface area contributed by atoms with E-state index in [4.69, 9.17) is 29.5 Å². The SMILES string of the molecule is CC(CO)OCC[NH+](CCOC(C)CO)CCOC(C)CO. The molecule has 0 aliphatic carbocycles. The number of nitrogens with one attached hydrogen (secondary N) is 1. The van der Waals surface area contributed by atoms with Crippen LogP contribution in [0.25, 0.3) is 0 Å². The first-order valence-corrected chi connectivity index (χ1v) is 8.04. The maximum absolute atomic E-state index is 8.94. The average molecular weight is 324 g/mol. The van der Waals surface area contributed by atoms with Gasteiger partial charge >= 0.3 is 0 Å². The van der Waals surface area contributed by atoms with E-state index < -0.39 is 0 Å². The summed E-state index contributed by atoms with van der Waals surface area (Å²) in [6.45, 7) is 9.59. The third-order valence-corrected chi connectivity index (χ3v) is 3.35. The largest absolute Gasteiger partial charge is 0.394 e. The van der Waals surface area contributed by atoms with Gasteiger partial charge in [-0.25, -0.2) is 0 Å². The standard InChI is InChI=1S/C15H33NO6/c1-13(10-17)20-7-4-16(5-8-21-14(2)11-18)6-9-22-15(3)12-19/h13-15,17-19H,4-12H2,1-3H3/p+1. The molecule has 3 atom stereocenters. The summed E-state index contributed by atoms with van der Waals surface area (Å²) in [4.78, 5) is 1.26. The molecular weight excluding hydrogens is 290 g/mol. The molecule has 4 N–H and O–H groups in total. The van der Waals surface area contributed by atoms with Crippen LogP contribution in [0.4, 0.5) is 0 Å². The van der Waals surface area contributed by atoms with E-state index in [1.807, 2.05) is 20.8 Å². The molecule has 0 rings (SSSR count). The highest BCUT2D eigenvalue weighted by Gasteiger charge is 2.12. The molecule has 7 heteroatoms. The molecule has 0 saturated heterocycles. The van der Waals surface area contributed by atoms with E-state index in [2.05, 4.69) is 0 Å². The fraction of sp³-hybridized carbons (Fsp3) is 1.00. The van der Waals surface area contributed by atoms with E-state index >= 15 is 0 Å². The molecule has 0 aromatic heterocycles. The second-order valence-corrected chi connectivity index (χ2v) is 5.59. The van der Waals surface area contributed by atoms with Gasteiger partial charge < -0.3 is 34.4 Å². The lowest BCUT2D eigenvalue weighted by molar-refractivity contribution is -0.901. The normalized spacial score (nSPS) is 17.2. The van der Waals surface area contributed by atoms with Gasteiger partial charge in [-0.3, -0.25) is 0 Å². The average Bonchev–Trinajstić information content (AvgIpc) is 2.53. The van der Waals surface area contributed by atoms with Gasteiger partial charge in [-0.15, -0.1) is 0 Å².